The van der Waals surface area contributed by atoms with E-state index >= 15 is 0 Å². The summed E-state index contributed by atoms with van der Waals surface area (Å²) < 4.78 is 23.7. The molecule has 4 heterocycles. The van der Waals surface area contributed by atoms with Gasteiger partial charge < -0.3 is 49.8 Å². The molecule has 318 valence electrons. The lowest BCUT2D eigenvalue weighted by atomic mass is 9.78. The Bertz CT molecular complexity index is 2010. The summed E-state index contributed by atoms with van der Waals surface area (Å²) in [6.45, 7) is 16.3. The van der Waals surface area contributed by atoms with Crippen LogP contribution in [-0.2, 0) is 30.3 Å². The first-order valence-corrected chi connectivity index (χ1v) is 20.0. The number of fused-ring (bicyclic) bond motifs is 14. The third-order valence-corrected chi connectivity index (χ3v) is 12.2. The van der Waals surface area contributed by atoms with E-state index < -0.39 is 88.8 Å². The van der Waals surface area contributed by atoms with E-state index in [2.05, 4.69) is 17.1 Å². The quantitative estimate of drug-likeness (QED) is 0.120. The average molecular weight is 809 g/mol. The maximum absolute atomic E-state index is 14.5. The number of esters is 1. The summed E-state index contributed by atoms with van der Waals surface area (Å²) in [6, 6.07) is 0. The maximum atomic E-state index is 14.5. The number of nitrogens with zero attached hydrogens (tertiary/aromatic N) is 1. The smallest absolute Gasteiger partial charge is 0.312 e. The van der Waals surface area contributed by atoms with Crippen molar-refractivity contribution in [3.63, 3.8) is 0 Å². The Hall–Kier alpha value is -4.63. The Morgan fingerprint density at radius 2 is 1.66 bits per heavy atom. The van der Waals surface area contributed by atoms with Gasteiger partial charge in [0, 0.05) is 79.8 Å². The van der Waals surface area contributed by atoms with Crippen LogP contribution < -0.4 is 10.1 Å². The van der Waals surface area contributed by atoms with Gasteiger partial charge in [-0.25, -0.2) is 0 Å². The molecule has 0 radical (unpaired) electrons. The Balaban J connectivity index is 1.70. The zero-order chi connectivity index (χ0) is 43.0. The largest absolute Gasteiger partial charge is 0.507 e. The number of phenolic OH excluding ortho intramolecular Hbond substituents is 3. The van der Waals surface area contributed by atoms with Crippen molar-refractivity contribution < 1.29 is 58.9 Å². The zero-order valence-corrected chi connectivity index (χ0v) is 35.2. The number of nitrogens with one attached hydrogen (secondary N) is 1. The van der Waals surface area contributed by atoms with Gasteiger partial charge in [-0.2, -0.15) is 0 Å². The standard InChI is InChI=1S/C44H60N2O12/c1-21-13-12-17-46(19-21)20-29-34-39(52)32-31(38(29)51)33-41(27(7)37(32)50)58-44(9,42(33)53)56-18-16-30(55-10)24(4)40(57-28(8)47)26(6)36(49)25(5)35(48)22(2)14-11-15-23(3)43(54)45-34/h11,14-16,18,21-22,24-26,30,35-36,40,48-52H,12-13,17,19-20H2,1-10H3,(H,45,54)/b14-11+,18-16+,23-15+. The number of piperidine rings is 1. The summed E-state index contributed by atoms with van der Waals surface area (Å²) in [5.74, 6) is -7.44. The fourth-order valence-electron chi connectivity index (χ4n) is 8.59. The average Bonchev–Trinajstić information content (AvgIpc) is 3.44. The SMILES string of the molecule is COC1/C=C/OC2(C)Oc3c(C)c(O)c4c(O)c(c(CN5CCCC(C)C5)c(O)c4c3C2=O)NC(=O)/C(C)=C/C=C/C(C)C(O)C(C)C(O)C(C)C(OC(C)=O)C1C. The number of allylic oxidation sites excluding steroid dienone is 2. The number of phenols is 3. The molecule has 58 heavy (non-hydrogen) atoms. The zero-order valence-electron chi connectivity index (χ0n) is 35.2. The number of benzene rings is 2. The molecule has 0 aliphatic carbocycles. The third kappa shape index (κ3) is 8.56. The molecule has 10 unspecified atom stereocenters. The highest BCUT2D eigenvalue weighted by Crippen LogP contribution is 2.55. The lowest BCUT2D eigenvalue weighted by molar-refractivity contribution is -0.160. The van der Waals surface area contributed by atoms with Crippen molar-refractivity contribution in [2.45, 2.75) is 112 Å². The lowest BCUT2D eigenvalue weighted by Gasteiger charge is -2.38. The van der Waals surface area contributed by atoms with Crippen LogP contribution in [0, 0.1) is 36.5 Å². The number of aliphatic hydroxyl groups excluding tert-OH is 2. The van der Waals surface area contributed by atoms with Crippen LogP contribution in [0.3, 0.4) is 0 Å². The first-order chi connectivity index (χ1) is 27.2. The number of carbonyl (C=O) groups is 3. The van der Waals surface area contributed by atoms with Gasteiger partial charge in [0.2, 0.25) is 0 Å². The summed E-state index contributed by atoms with van der Waals surface area (Å²) >= 11 is 0. The van der Waals surface area contributed by atoms with Crippen molar-refractivity contribution in [2.75, 3.05) is 25.5 Å². The topological polar surface area (TPSA) is 205 Å². The minimum Gasteiger partial charge on any atom is -0.507 e. The van der Waals surface area contributed by atoms with Crippen LogP contribution in [0.1, 0.15) is 89.7 Å². The summed E-state index contributed by atoms with van der Waals surface area (Å²) in [5, 5.41) is 61.0. The van der Waals surface area contributed by atoms with Gasteiger partial charge in [-0.3, -0.25) is 19.3 Å². The van der Waals surface area contributed by atoms with E-state index in [1.54, 1.807) is 46.8 Å². The highest BCUT2D eigenvalue weighted by Gasteiger charge is 2.50. The number of ketones is 1. The van der Waals surface area contributed by atoms with E-state index in [1.165, 1.54) is 46.3 Å². The van der Waals surface area contributed by atoms with Crippen LogP contribution in [0.4, 0.5) is 5.69 Å². The molecular weight excluding hydrogens is 748 g/mol. The number of ether oxygens (including phenoxy) is 4. The molecule has 10 atom stereocenters. The number of hydrogen-bond acceptors (Lipinski definition) is 13. The molecule has 4 aliphatic rings. The molecule has 4 aliphatic heterocycles. The van der Waals surface area contributed by atoms with Crippen LogP contribution >= 0.6 is 0 Å². The van der Waals surface area contributed by atoms with Gasteiger partial charge in [-0.1, -0.05) is 52.8 Å². The van der Waals surface area contributed by atoms with E-state index in [0.29, 0.717) is 19.0 Å². The van der Waals surface area contributed by atoms with Crippen LogP contribution in [0.25, 0.3) is 10.8 Å². The van der Waals surface area contributed by atoms with Crippen molar-refractivity contribution >= 4 is 34.1 Å². The van der Waals surface area contributed by atoms with Crippen LogP contribution in [-0.4, -0.2) is 98.5 Å². The number of aromatic hydroxyl groups is 3. The summed E-state index contributed by atoms with van der Waals surface area (Å²) in [5.41, 5.74) is 0.228. The summed E-state index contributed by atoms with van der Waals surface area (Å²) in [7, 11) is 1.45. The first-order valence-electron chi connectivity index (χ1n) is 20.0. The van der Waals surface area contributed by atoms with Crippen LogP contribution in [0.15, 0.2) is 36.1 Å². The molecule has 6 rings (SSSR count). The van der Waals surface area contributed by atoms with Crippen LogP contribution in [0.2, 0.25) is 0 Å². The van der Waals surface area contributed by atoms with Crippen molar-refractivity contribution in [3.8, 4) is 23.0 Å². The van der Waals surface area contributed by atoms with Crippen molar-refractivity contribution in [1.29, 1.82) is 0 Å². The highest BCUT2D eigenvalue weighted by atomic mass is 16.7. The number of likely N-dealkylation sites (tertiary alicyclic amines) is 1. The fourth-order valence-corrected chi connectivity index (χ4v) is 8.59. The number of hydrogen-bond donors (Lipinski definition) is 6. The Labute approximate surface area is 340 Å². The second kappa shape index (κ2) is 17.7. The number of anilines is 1. The predicted octanol–water partition coefficient (Wildman–Crippen LogP) is 5.99. The maximum Gasteiger partial charge on any atom is 0.312 e. The van der Waals surface area contributed by atoms with E-state index in [0.717, 1.165) is 12.8 Å². The van der Waals surface area contributed by atoms with Gasteiger partial charge in [0.15, 0.2) is 5.75 Å². The molecule has 14 nitrogen and oxygen atoms in total. The Morgan fingerprint density at radius 3 is 2.29 bits per heavy atom. The predicted molar refractivity (Wildman–Crippen MR) is 217 cm³/mol. The molecule has 5 bridgehead atoms. The van der Waals surface area contributed by atoms with Gasteiger partial charge in [0.1, 0.15) is 23.4 Å². The minimum atomic E-state index is -2.01. The van der Waals surface area contributed by atoms with Crippen molar-refractivity contribution in [1.82, 2.24) is 4.90 Å². The van der Waals surface area contributed by atoms with Gasteiger partial charge in [0.05, 0.1) is 41.2 Å². The number of Topliss-reactive ketones (excluding diaryl/α,β-unsaturated/α-hetero) is 1. The Kier molecular flexibility index (Phi) is 13.6. The van der Waals surface area contributed by atoms with Gasteiger partial charge in [-0.05, 0) is 45.2 Å². The number of aliphatic hydroxyl groups is 2. The van der Waals surface area contributed by atoms with Crippen molar-refractivity contribution in [3.05, 3.63) is 52.8 Å². The fraction of sp³-hybridized carbons (Fsp3) is 0.568. The summed E-state index contributed by atoms with van der Waals surface area (Å²) in [4.78, 5) is 42.7. The highest BCUT2D eigenvalue weighted by molar-refractivity contribution is 6.22. The van der Waals surface area contributed by atoms with E-state index in [-0.39, 0.29) is 51.0 Å². The summed E-state index contributed by atoms with van der Waals surface area (Å²) in [6.07, 6.45) is 5.69. The van der Waals surface area contributed by atoms with E-state index in [1.807, 2.05) is 0 Å². The van der Waals surface area contributed by atoms with Gasteiger partial charge >= 0.3 is 11.8 Å². The third-order valence-electron chi connectivity index (χ3n) is 12.2. The molecule has 2 aromatic carbocycles. The normalized spacial score (nSPS) is 33.5. The molecule has 14 heteroatoms. The van der Waals surface area contributed by atoms with Gasteiger partial charge in [-0.15, -0.1) is 0 Å². The molecule has 0 saturated carbocycles. The number of amides is 1. The second-order valence-corrected chi connectivity index (χ2v) is 16.7. The monoisotopic (exact) mass is 808 g/mol. The van der Waals surface area contributed by atoms with Crippen molar-refractivity contribution in [2.24, 2.45) is 29.6 Å². The first kappa shape index (κ1) is 44.5. The minimum absolute atomic E-state index is 0.0500. The Morgan fingerprint density at radius 1 is 0.966 bits per heavy atom. The molecule has 0 spiro atoms. The second-order valence-electron chi connectivity index (χ2n) is 16.7. The number of methoxy groups -OCH3 is 1. The lowest BCUT2D eigenvalue weighted by Crippen LogP contribution is -2.46. The molecule has 1 saturated heterocycles. The van der Waals surface area contributed by atoms with Gasteiger partial charge in [0.25, 0.3) is 11.7 Å². The number of rotatable bonds is 4. The molecule has 1 amide bonds. The van der Waals surface area contributed by atoms with E-state index in [4.69, 9.17) is 18.9 Å². The molecule has 2 aromatic rings. The molecular formula is C44H60N2O12. The van der Waals surface area contributed by atoms with Crippen LogP contribution in [0.5, 0.6) is 23.0 Å². The molecule has 6 N–H and O–H groups in total. The molecule has 0 aromatic heterocycles. The van der Waals surface area contributed by atoms with E-state index in [9.17, 15) is 39.9 Å². The molecule has 1 fully saturated rings. The number of carbonyl (C=O) groups excluding carboxylic acids is 3.